The molecular formula is C22H21F3N2O3S. The number of aryl methyl sites for hydroxylation is 2. The molecule has 1 aromatic heterocycles. The summed E-state index contributed by atoms with van der Waals surface area (Å²) in [5.41, 5.74) is 1.95. The molecule has 0 bridgehead atoms. The summed E-state index contributed by atoms with van der Waals surface area (Å²) in [4.78, 5) is 15.2. The van der Waals surface area contributed by atoms with Gasteiger partial charge in [0.25, 0.3) is 0 Å². The zero-order chi connectivity index (χ0) is 22.8. The normalized spacial score (nSPS) is 11.7. The standard InChI is InChI=1S/C22H21F3N2O3S/c1-12(2)30-18-8-6-15(11-17(18)22(23,24)25)21-26-20(27-31-21)16-7-4-14(10-13(16)3)5-9-19(28)29/h4,6-8,10-12H,5,9H2,1-3H3,(H,28,29). The number of carboxylic acids is 1. The molecule has 164 valence electrons. The highest BCUT2D eigenvalue weighted by Gasteiger charge is 2.35. The monoisotopic (exact) mass is 450 g/mol. The molecule has 0 fully saturated rings. The van der Waals surface area contributed by atoms with Crippen LogP contribution in [0.1, 0.15) is 37.0 Å². The molecular weight excluding hydrogens is 429 g/mol. The van der Waals surface area contributed by atoms with Gasteiger partial charge in [-0.2, -0.15) is 17.5 Å². The van der Waals surface area contributed by atoms with E-state index < -0.39 is 17.7 Å². The Morgan fingerprint density at radius 1 is 1.19 bits per heavy atom. The molecule has 0 aliphatic heterocycles. The van der Waals surface area contributed by atoms with Gasteiger partial charge in [-0.05, 0) is 68.1 Å². The molecule has 0 unspecified atom stereocenters. The van der Waals surface area contributed by atoms with E-state index in [9.17, 15) is 18.0 Å². The summed E-state index contributed by atoms with van der Waals surface area (Å²) >= 11 is 1.02. The summed E-state index contributed by atoms with van der Waals surface area (Å²) in [5, 5.41) is 9.19. The number of aromatic nitrogens is 2. The van der Waals surface area contributed by atoms with Gasteiger partial charge in [0.1, 0.15) is 10.8 Å². The summed E-state index contributed by atoms with van der Waals surface area (Å²) < 4.78 is 50.2. The van der Waals surface area contributed by atoms with E-state index in [1.54, 1.807) is 26.0 Å². The molecule has 0 amide bonds. The van der Waals surface area contributed by atoms with E-state index in [1.165, 1.54) is 6.07 Å². The third-order valence-corrected chi connectivity index (χ3v) is 5.24. The fourth-order valence-corrected chi connectivity index (χ4v) is 3.75. The van der Waals surface area contributed by atoms with Crippen LogP contribution in [0.15, 0.2) is 36.4 Å². The number of carboxylic acid groups (broad SMARTS) is 1. The number of hydrogen-bond donors (Lipinski definition) is 1. The second kappa shape index (κ2) is 9.05. The maximum Gasteiger partial charge on any atom is 0.419 e. The Kier molecular flexibility index (Phi) is 6.64. The first kappa shape index (κ1) is 22.7. The number of carbonyl (C=O) groups is 1. The summed E-state index contributed by atoms with van der Waals surface area (Å²) in [6, 6.07) is 9.37. The highest BCUT2D eigenvalue weighted by Crippen LogP contribution is 2.40. The van der Waals surface area contributed by atoms with Crippen LogP contribution in [0, 0.1) is 6.92 Å². The van der Waals surface area contributed by atoms with E-state index >= 15 is 0 Å². The second-order valence-electron chi connectivity index (χ2n) is 7.34. The average Bonchev–Trinajstić information content (AvgIpc) is 3.15. The van der Waals surface area contributed by atoms with E-state index in [2.05, 4.69) is 9.36 Å². The van der Waals surface area contributed by atoms with Crippen LogP contribution in [0.3, 0.4) is 0 Å². The molecule has 0 saturated heterocycles. The summed E-state index contributed by atoms with van der Waals surface area (Å²) in [6.45, 7) is 5.20. The highest BCUT2D eigenvalue weighted by atomic mass is 32.1. The van der Waals surface area contributed by atoms with Crippen LogP contribution < -0.4 is 4.74 Å². The van der Waals surface area contributed by atoms with Gasteiger partial charge in [-0.15, -0.1) is 0 Å². The Morgan fingerprint density at radius 3 is 2.55 bits per heavy atom. The predicted molar refractivity (Wildman–Crippen MR) is 112 cm³/mol. The van der Waals surface area contributed by atoms with Crippen LogP contribution >= 0.6 is 11.5 Å². The molecule has 0 aliphatic carbocycles. The Hall–Kier alpha value is -2.94. The summed E-state index contributed by atoms with van der Waals surface area (Å²) in [7, 11) is 0. The van der Waals surface area contributed by atoms with Gasteiger partial charge in [-0.3, -0.25) is 4.79 Å². The van der Waals surface area contributed by atoms with E-state index in [4.69, 9.17) is 9.84 Å². The largest absolute Gasteiger partial charge is 0.490 e. The van der Waals surface area contributed by atoms with Crippen molar-refractivity contribution in [1.82, 2.24) is 9.36 Å². The van der Waals surface area contributed by atoms with Crippen LogP contribution in [0.4, 0.5) is 13.2 Å². The third kappa shape index (κ3) is 5.61. The Labute approximate surface area is 181 Å². The molecule has 2 aromatic carbocycles. The average molecular weight is 450 g/mol. The topological polar surface area (TPSA) is 72.3 Å². The van der Waals surface area contributed by atoms with E-state index in [-0.39, 0.29) is 18.3 Å². The molecule has 0 saturated carbocycles. The maximum atomic E-state index is 13.5. The molecule has 0 atom stereocenters. The molecule has 31 heavy (non-hydrogen) atoms. The van der Waals surface area contributed by atoms with Gasteiger partial charge in [0.2, 0.25) is 0 Å². The van der Waals surface area contributed by atoms with Gasteiger partial charge in [-0.25, -0.2) is 4.98 Å². The summed E-state index contributed by atoms with van der Waals surface area (Å²) in [5.74, 6) is -0.669. The van der Waals surface area contributed by atoms with E-state index in [0.717, 1.165) is 34.3 Å². The van der Waals surface area contributed by atoms with Crippen molar-refractivity contribution in [1.29, 1.82) is 0 Å². The highest BCUT2D eigenvalue weighted by molar-refractivity contribution is 7.09. The van der Waals surface area contributed by atoms with Crippen LogP contribution in [0.25, 0.3) is 22.0 Å². The van der Waals surface area contributed by atoms with Gasteiger partial charge >= 0.3 is 12.1 Å². The molecule has 0 spiro atoms. The van der Waals surface area contributed by atoms with Crippen molar-refractivity contribution >= 4 is 17.5 Å². The van der Waals surface area contributed by atoms with Crippen molar-refractivity contribution in [2.24, 2.45) is 0 Å². The number of alkyl halides is 3. The van der Waals surface area contributed by atoms with Gasteiger partial charge in [-0.1, -0.05) is 18.2 Å². The molecule has 3 rings (SSSR count). The van der Waals surface area contributed by atoms with Crippen molar-refractivity contribution in [3.05, 3.63) is 53.1 Å². The Morgan fingerprint density at radius 2 is 1.94 bits per heavy atom. The Bertz CT molecular complexity index is 1090. The maximum absolute atomic E-state index is 13.5. The minimum atomic E-state index is -4.56. The number of ether oxygens (including phenoxy) is 1. The molecule has 3 aromatic rings. The Balaban J connectivity index is 1.91. The number of halogens is 3. The van der Waals surface area contributed by atoms with E-state index in [1.807, 2.05) is 19.1 Å². The minimum Gasteiger partial charge on any atom is -0.490 e. The van der Waals surface area contributed by atoms with Gasteiger partial charge in [0.05, 0.1) is 11.7 Å². The van der Waals surface area contributed by atoms with Crippen molar-refractivity contribution in [3.63, 3.8) is 0 Å². The quantitative estimate of drug-likeness (QED) is 0.478. The zero-order valence-electron chi connectivity index (χ0n) is 17.2. The summed E-state index contributed by atoms with van der Waals surface area (Å²) in [6.07, 6.45) is -4.50. The number of aliphatic carboxylic acids is 1. The van der Waals surface area contributed by atoms with Crippen molar-refractivity contribution in [2.45, 2.75) is 45.9 Å². The van der Waals surface area contributed by atoms with Crippen molar-refractivity contribution in [2.75, 3.05) is 0 Å². The second-order valence-corrected chi connectivity index (χ2v) is 8.09. The lowest BCUT2D eigenvalue weighted by atomic mass is 10.0. The lowest BCUT2D eigenvalue weighted by Gasteiger charge is -2.16. The van der Waals surface area contributed by atoms with Crippen LogP contribution in [-0.2, 0) is 17.4 Å². The third-order valence-electron chi connectivity index (χ3n) is 4.48. The molecule has 0 radical (unpaired) electrons. The molecule has 5 nitrogen and oxygen atoms in total. The SMILES string of the molecule is Cc1cc(CCC(=O)O)ccc1-c1nsc(-c2ccc(OC(C)C)c(C(F)(F)F)c2)n1. The number of benzene rings is 2. The molecule has 1 heterocycles. The van der Waals surface area contributed by atoms with Crippen LogP contribution in [0.2, 0.25) is 0 Å². The van der Waals surface area contributed by atoms with Crippen molar-refractivity contribution in [3.8, 4) is 27.7 Å². The first-order valence-electron chi connectivity index (χ1n) is 9.58. The number of hydrogen-bond acceptors (Lipinski definition) is 5. The minimum absolute atomic E-state index is 0.0376. The molecule has 9 heteroatoms. The van der Waals surface area contributed by atoms with Gasteiger partial charge in [0, 0.05) is 17.5 Å². The number of rotatable bonds is 7. The lowest BCUT2D eigenvalue weighted by Crippen LogP contribution is -2.13. The van der Waals surface area contributed by atoms with Crippen molar-refractivity contribution < 1.29 is 27.8 Å². The molecule has 1 N–H and O–H groups in total. The van der Waals surface area contributed by atoms with E-state index in [0.29, 0.717) is 22.8 Å². The lowest BCUT2D eigenvalue weighted by molar-refractivity contribution is -0.139. The number of nitrogens with zero attached hydrogens (tertiary/aromatic N) is 2. The fourth-order valence-electron chi connectivity index (χ4n) is 3.07. The first-order valence-corrected chi connectivity index (χ1v) is 10.4. The zero-order valence-corrected chi connectivity index (χ0v) is 18.0. The smallest absolute Gasteiger partial charge is 0.419 e. The van der Waals surface area contributed by atoms with Crippen LogP contribution in [-0.4, -0.2) is 26.5 Å². The van der Waals surface area contributed by atoms with Gasteiger partial charge < -0.3 is 9.84 Å². The van der Waals surface area contributed by atoms with Gasteiger partial charge in [0.15, 0.2) is 5.82 Å². The first-order chi connectivity index (χ1) is 14.5. The predicted octanol–water partition coefficient (Wildman–Crippen LogP) is 6.00. The molecule has 0 aliphatic rings. The van der Waals surface area contributed by atoms with Crippen LogP contribution in [0.5, 0.6) is 5.75 Å². The fraction of sp³-hybridized carbons (Fsp3) is 0.318.